The predicted octanol–water partition coefficient (Wildman–Crippen LogP) is 3.59. The van der Waals surface area contributed by atoms with Crippen molar-refractivity contribution in [3.63, 3.8) is 0 Å². The maximum absolute atomic E-state index is 12.9. The fourth-order valence-corrected chi connectivity index (χ4v) is 2.24. The zero-order chi connectivity index (χ0) is 13.3. The molecular weight excluding hydrogens is 292 g/mol. The summed E-state index contributed by atoms with van der Waals surface area (Å²) in [4.78, 5) is 6.91. The van der Waals surface area contributed by atoms with E-state index in [0.717, 1.165) is 12.3 Å². The zero-order valence-electron chi connectivity index (χ0n) is 8.40. The van der Waals surface area contributed by atoms with E-state index in [0.29, 0.717) is 11.3 Å². The Morgan fingerprint density at radius 3 is 2.50 bits per heavy atom. The van der Waals surface area contributed by atoms with Crippen LogP contribution in [-0.2, 0) is 6.18 Å². The Hall–Kier alpha value is -1.35. The Kier molecular flexibility index (Phi) is 3.44. The van der Waals surface area contributed by atoms with Crippen molar-refractivity contribution in [1.82, 2.24) is 9.97 Å². The van der Waals surface area contributed by atoms with Crippen LogP contribution in [0.15, 0.2) is 18.5 Å². The average molecular weight is 296 g/mol. The summed E-state index contributed by atoms with van der Waals surface area (Å²) < 4.78 is 55.0. The van der Waals surface area contributed by atoms with Gasteiger partial charge in [-0.2, -0.15) is 13.2 Å². The molecule has 2 aromatic rings. The third-order valence-corrected chi connectivity index (χ3v) is 3.19. The second-order valence-corrected chi connectivity index (χ2v) is 4.28. The van der Waals surface area contributed by atoms with Crippen molar-refractivity contribution < 1.29 is 21.7 Å². The van der Waals surface area contributed by atoms with Crippen LogP contribution in [0, 0.1) is 5.82 Å². The highest BCUT2D eigenvalue weighted by Crippen LogP contribution is 2.42. The smallest absolute Gasteiger partial charge is 0.416 e. The average Bonchev–Trinajstić information content (AvgIpc) is 2.72. The number of nitrogens with zero attached hydrogens (tertiary/aromatic N) is 2. The molecule has 0 saturated carbocycles. The summed E-state index contributed by atoms with van der Waals surface area (Å²) in [7, 11) is 0. The molecule has 2 rings (SSSR count). The highest BCUT2D eigenvalue weighted by atomic mass is 32.1. The van der Waals surface area contributed by atoms with Gasteiger partial charge < -0.3 is 4.18 Å². The van der Waals surface area contributed by atoms with Gasteiger partial charge in [-0.1, -0.05) is 11.3 Å². The third kappa shape index (κ3) is 2.56. The molecule has 0 fully saturated rings. The summed E-state index contributed by atoms with van der Waals surface area (Å²) in [6.45, 7) is 0. The molecule has 0 unspecified atom stereocenters. The Bertz CT molecular complexity index is 570. The number of aromatic nitrogens is 2. The van der Waals surface area contributed by atoms with E-state index in [1.807, 2.05) is 0 Å². The predicted molar refractivity (Wildman–Crippen MR) is 59.9 cm³/mol. The van der Waals surface area contributed by atoms with E-state index in [1.165, 1.54) is 6.20 Å². The van der Waals surface area contributed by atoms with E-state index in [1.54, 1.807) is 0 Å². The summed E-state index contributed by atoms with van der Waals surface area (Å²) in [5.74, 6) is -0.662. The molecule has 0 aliphatic rings. The maximum Gasteiger partial charge on any atom is 0.438 e. The Labute approximate surface area is 108 Å². The summed E-state index contributed by atoms with van der Waals surface area (Å²) in [5.41, 5.74) is -1.05. The molecule has 0 saturated heterocycles. The van der Waals surface area contributed by atoms with Crippen LogP contribution < -0.4 is 4.18 Å². The zero-order valence-corrected chi connectivity index (χ0v) is 10.1. The lowest BCUT2D eigenvalue weighted by molar-refractivity contribution is -0.141. The minimum atomic E-state index is -4.66. The van der Waals surface area contributed by atoms with Gasteiger partial charge in [0.25, 0.3) is 0 Å². The molecule has 0 atom stereocenters. The van der Waals surface area contributed by atoms with E-state index in [9.17, 15) is 17.6 Å². The molecule has 2 aromatic heterocycles. The van der Waals surface area contributed by atoms with Crippen molar-refractivity contribution in [2.75, 3.05) is 0 Å². The molecule has 0 amide bonds. The lowest BCUT2D eigenvalue weighted by atomic mass is 10.3. The fraction of sp³-hybridized carbons (Fsp3) is 0.111. The lowest BCUT2D eigenvalue weighted by Gasteiger charge is -2.02. The molecule has 0 bridgehead atoms. The fourth-order valence-electron chi connectivity index (χ4n) is 1.20. The Morgan fingerprint density at radius 2 is 2.00 bits per heavy atom. The van der Waals surface area contributed by atoms with E-state index >= 15 is 0 Å². The summed E-state index contributed by atoms with van der Waals surface area (Å²) >= 11 is 3.95. The number of thiol groups is 1. The molecule has 18 heavy (non-hydrogen) atoms. The summed E-state index contributed by atoms with van der Waals surface area (Å²) in [6, 6.07) is 1.04. The number of hydrogen-bond donors (Lipinski definition) is 1. The highest BCUT2D eigenvalue weighted by Gasteiger charge is 2.39. The first kappa shape index (κ1) is 13.1. The first-order valence-corrected chi connectivity index (χ1v) is 5.60. The normalized spacial score (nSPS) is 11.6. The van der Waals surface area contributed by atoms with Crippen molar-refractivity contribution in [2.24, 2.45) is 0 Å². The van der Waals surface area contributed by atoms with Crippen LogP contribution >= 0.6 is 24.2 Å². The number of alkyl halides is 3. The molecule has 0 radical (unpaired) electrons. The van der Waals surface area contributed by atoms with Crippen molar-refractivity contribution in [3.8, 4) is 15.6 Å². The van der Waals surface area contributed by atoms with Gasteiger partial charge in [0.05, 0.1) is 6.20 Å². The van der Waals surface area contributed by atoms with Crippen molar-refractivity contribution in [3.05, 3.63) is 30.0 Å². The van der Waals surface area contributed by atoms with Gasteiger partial charge in [0.2, 0.25) is 5.06 Å². The molecule has 9 heteroatoms. The highest BCUT2D eigenvalue weighted by molar-refractivity contribution is 7.75. The first-order chi connectivity index (χ1) is 8.41. The first-order valence-electron chi connectivity index (χ1n) is 4.42. The number of rotatable bonds is 2. The van der Waals surface area contributed by atoms with Crippen LogP contribution in [0.5, 0.6) is 5.06 Å². The molecular formula is C9H4F4N2OS2. The molecule has 0 aliphatic carbocycles. The van der Waals surface area contributed by atoms with Gasteiger partial charge in [-0.3, -0.25) is 4.98 Å². The van der Waals surface area contributed by atoms with E-state index in [4.69, 9.17) is 0 Å². The molecule has 0 aliphatic heterocycles. The van der Waals surface area contributed by atoms with Crippen LogP contribution in [0.2, 0.25) is 0 Å². The van der Waals surface area contributed by atoms with Crippen LogP contribution in [0.3, 0.4) is 0 Å². The van der Waals surface area contributed by atoms with Gasteiger partial charge in [-0.05, 0) is 6.07 Å². The second-order valence-electron chi connectivity index (χ2n) is 3.14. The SMILES string of the molecule is Fc1cncc(-c2nc(C(F)(F)F)c(OS)s2)c1. The lowest BCUT2D eigenvalue weighted by Crippen LogP contribution is -2.06. The molecule has 96 valence electrons. The van der Waals surface area contributed by atoms with Gasteiger partial charge in [0.15, 0.2) is 5.69 Å². The van der Waals surface area contributed by atoms with Gasteiger partial charge in [-0.25, -0.2) is 9.37 Å². The quantitative estimate of drug-likeness (QED) is 0.522. The van der Waals surface area contributed by atoms with Crippen LogP contribution in [0.4, 0.5) is 17.6 Å². The van der Waals surface area contributed by atoms with Gasteiger partial charge in [-0.15, -0.1) is 0 Å². The van der Waals surface area contributed by atoms with Gasteiger partial charge in [0.1, 0.15) is 10.8 Å². The molecule has 0 spiro atoms. The largest absolute Gasteiger partial charge is 0.438 e. The number of halogens is 4. The number of pyridine rings is 1. The molecule has 2 heterocycles. The van der Waals surface area contributed by atoms with Crippen molar-refractivity contribution in [1.29, 1.82) is 0 Å². The van der Waals surface area contributed by atoms with Gasteiger partial charge >= 0.3 is 6.18 Å². The van der Waals surface area contributed by atoms with Gasteiger partial charge in [0, 0.05) is 24.7 Å². The third-order valence-electron chi connectivity index (χ3n) is 1.90. The Balaban J connectivity index is 2.51. The standard InChI is InChI=1S/C9H4F4N2OS2/c10-5-1-4(2-14-3-5)7-15-6(9(11,12)13)8(16-17)18-7/h1-3,17H. The van der Waals surface area contributed by atoms with E-state index < -0.39 is 22.8 Å². The molecule has 0 N–H and O–H groups in total. The molecule has 0 aromatic carbocycles. The van der Waals surface area contributed by atoms with Crippen LogP contribution in [0.1, 0.15) is 5.69 Å². The molecule has 3 nitrogen and oxygen atoms in total. The van der Waals surface area contributed by atoms with Crippen molar-refractivity contribution in [2.45, 2.75) is 6.18 Å². The monoisotopic (exact) mass is 296 g/mol. The minimum absolute atomic E-state index is 0.0432. The number of thiazole rings is 1. The van der Waals surface area contributed by atoms with E-state index in [-0.39, 0.29) is 10.6 Å². The minimum Gasteiger partial charge on any atom is -0.416 e. The number of hydrogen-bond acceptors (Lipinski definition) is 5. The Morgan fingerprint density at radius 1 is 1.28 bits per heavy atom. The van der Waals surface area contributed by atoms with Crippen LogP contribution in [-0.4, -0.2) is 9.97 Å². The van der Waals surface area contributed by atoms with Crippen LogP contribution in [0.25, 0.3) is 10.6 Å². The summed E-state index contributed by atoms with van der Waals surface area (Å²) in [5, 5.41) is -0.538. The summed E-state index contributed by atoms with van der Waals surface area (Å²) in [6.07, 6.45) is -2.50. The van der Waals surface area contributed by atoms with Crippen molar-refractivity contribution >= 4 is 24.2 Å². The maximum atomic E-state index is 12.9. The topological polar surface area (TPSA) is 35.0 Å². The van der Waals surface area contributed by atoms with E-state index in [2.05, 4.69) is 27.1 Å². The second kappa shape index (κ2) is 4.73.